The first-order valence-corrected chi connectivity index (χ1v) is 10.3. The van der Waals surface area contributed by atoms with Crippen LogP contribution in [0.15, 0.2) is 66.0 Å². The van der Waals surface area contributed by atoms with Gasteiger partial charge in [-0.2, -0.15) is 0 Å². The van der Waals surface area contributed by atoms with Crippen molar-refractivity contribution in [1.82, 2.24) is 4.98 Å². The third-order valence-corrected chi connectivity index (χ3v) is 6.67. The SMILES string of the molecule is CC(C)c1nc(CS(=O)C(c2ccccc2)c2ccccc2)cs1. The summed E-state index contributed by atoms with van der Waals surface area (Å²) in [5.41, 5.74) is 3.10. The van der Waals surface area contributed by atoms with Crippen molar-refractivity contribution in [3.05, 3.63) is 87.9 Å². The smallest absolute Gasteiger partial charge is 0.0954 e. The number of hydrogen-bond acceptors (Lipinski definition) is 3. The number of nitrogens with zero attached hydrogens (tertiary/aromatic N) is 1. The first kappa shape index (κ1) is 17.1. The highest BCUT2D eigenvalue weighted by molar-refractivity contribution is 7.84. The second-order valence-corrected chi connectivity index (χ2v) is 8.47. The van der Waals surface area contributed by atoms with Gasteiger partial charge in [-0.25, -0.2) is 4.98 Å². The fourth-order valence-electron chi connectivity index (χ4n) is 2.63. The highest BCUT2D eigenvalue weighted by atomic mass is 32.2. The Morgan fingerprint density at radius 3 is 1.96 bits per heavy atom. The van der Waals surface area contributed by atoms with Gasteiger partial charge in [0.05, 0.1) is 21.7 Å². The van der Waals surface area contributed by atoms with Crippen LogP contribution in [0.25, 0.3) is 0 Å². The molecule has 2 nitrogen and oxygen atoms in total. The third kappa shape index (κ3) is 4.00. The molecule has 0 radical (unpaired) electrons. The molecule has 0 saturated carbocycles. The van der Waals surface area contributed by atoms with Crippen molar-refractivity contribution in [3.63, 3.8) is 0 Å². The van der Waals surface area contributed by atoms with Gasteiger partial charge < -0.3 is 0 Å². The Hall–Kier alpha value is -1.78. The molecule has 3 rings (SSSR count). The second-order valence-electron chi connectivity index (χ2n) is 6.06. The summed E-state index contributed by atoms with van der Waals surface area (Å²) in [5, 5.41) is 3.02. The molecule has 0 amide bonds. The van der Waals surface area contributed by atoms with Crippen LogP contribution in [0.5, 0.6) is 0 Å². The first-order chi connectivity index (χ1) is 11.6. The Morgan fingerprint density at radius 2 is 1.50 bits per heavy atom. The maximum Gasteiger partial charge on any atom is 0.0954 e. The lowest BCUT2D eigenvalue weighted by molar-refractivity contribution is 0.677. The molecule has 24 heavy (non-hydrogen) atoms. The van der Waals surface area contributed by atoms with Crippen LogP contribution in [0.3, 0.4) is 0 Å². The van der Waals surface area contributed by atoms with E-state index in [0.717, 1.165) is 21.8 Å². The van der Waals surface area contributed by atoms with Crippen molar-refractivity contribution in [2.45, 2.75) is 30.8 Å². The zero-order valence-corrected chi connectivity index (χ0v) is 15.5. The molecule has 0 aliphatic carbocycles. The Kier molecular flexibility index (Phi) is 5.59. The molecule has 2 aromatic carbocycles. The Morgan fingerprint density at radius 1 is 0.958 bits per heavy atom. The lowest BCUT2D eigenvalue weighted by Gasteiger charge is -2.17. The standard InChI is InChI=1S/C20H21NOS2/c1-15(2)20-21-18(13-23-20)14-24(22)19(16-9-5-3-6-10-16)17-11-7-4-8-12-17/h3-13,15,19H,14H2,1-2H3. The molecule has 124 valence electrons. The van der Waals surface area contributed by atoms with Gasteiger partial charge in [0, 0.05) is 22.1 Å². The molecule has 0 aliphatic heterocycles. The molecule has 1 atom stereocenters. The minimum Gasteiger partial charge on any atom is -0.258 e. The van der Waals surface area contributed by atoms with Gasteiger partial charge in [-0.3, -0.25) is 4.21 Å². The van der Waals surface area contributed by atoms with Crippen LogP contribution in [0.4, 0.5) is 0 Å². The summed E-state index contributed by atoms with van der Waals surface area (Å²) in [6.45, 7) is 4.27. The van der Waals surface area contributed by atoms with Crippen LogP contribution in [0.1, 0.15) is 46.8 Å². The van der Waals surface area contributed by atoms with Gasteiger partial charge in [-0.05, 0) is 11.1 Å². The molecule has 1 unspecified atom stereocenters. The van der Waals surface area contributed by atoms with Crippen LogP contribution < -0.4 is 0 Å². The summed E-state index contributed by atoms with van der Waals surface area (Å²) in [4.78, 5) is 4.64. The van der Waals surface area contributed by atoms with Gasteiger partial charge in [-0.1, -0.05) is 74.5 Å². The molecule has 0 fully saturated rings. The third-order valence-electron chi connectivity index (χ3n) is 3.82. The van der Waals surface area contributed by atoms with E-state index in [4.69, 9.17) is 0 Å². The van der Waals surface area contributed by atoms with Crippen molar-refractivity contribution in [2.24, 2.45) is 0 Å². The summed E-state index contributed by atoms with van der Waals surface area (Å²) in [5.74, 6) is 0.897. The average Bonchev–Trinajstić information content (AvgIpc) is 3.06. The first-order valence-electron chi connectivity index (χ1n) is 8.06. The Bertz CT molecular complexity index is 757. The highest BCUT2D eigenvalue weighted by Crippen LogP contribution is 2.30. The predicted molar refractivity (Wildman–Crippen MR) is 103 cm³/mol. The topological polar surface area (TPSA) is 30.0 Å². The fraction of sp³-hybridized carbons (Fsp3) is 0.250. The van der Waals surface area contributed by atoms with Gasteiger partial charge in [0.1, 0.15) is 0 Å². The highest BCUT2D eigenvalue weighted by Gasteiger charge is 2.22. The summed E-state index contributed by atoms with van der Waals surface area (Å²) < 4.78 is 13.2. The number of rotatable bonds is 6. The zero-order valence-electron chi connectivity index (χ0n) is 13.9. The van der Waals surface area contributed by atoms with Crippen molar-refractivity contribution in [3.8, 4) is 0 Å². The minimum atomic E-state index is -1.07. The van der Waals surface area contributed by atoms with Crippen molar-refractivity contribution >= 4 is 22.1 Å². The van der Waals surface area contributed by atoms with E-state index in [9.17, 15) is 4.21 Å². The normalized spacial score (nSPS) is 12.7. The van der Waals surface area contributed by atoms with E-state index >= 15 is 0 Å². The molecular weight excluding hydrogens is 334 g/mol. The molecule has 0 aliphatic rings. The number of benzene rings is 2. The monoisotopic (exact) mass is 355 g/mol. The fourth-order valence-corrected chi connectivity index (χ4v) is 5.10. The van der Waals surface area contributed by atoms with Crippen LogP contribution >= 0.6 is 11.3 Å². The lowest BCUT2D eigenvalue weighted by atomic mass is 10.0. The molecule has 3 aromatic rings. The van der Waals surface area contributed by atoms with E-state index in [1.807, 2.05) is 41.8 Å². The maximum atomic E-state index is 13.2. The summed E-state index contributed by atoms with van der Waals surface area (Å²) in [7, 11) is -1.07. The summed E-state index contributed by atoms with van der Waals surface area (Å²) >= 11 is 1.66. The quantitative estimate of drug-likeness (QED) is 0.600. The molecule has 0 spiro atoms. The van der Waals surface area contributed by atoms with Crippen LogP contribution in [-0.2, 0) is 16.6 Å². The van der Waals surface area contributed by atoms with Gasteiger partial charge in [0.2, 0.25) is 0 Å². The van der Waals surface area contributed by atoms with Crippen LogP contribution in [0, 0.1) is 0 Å². The van der Waals surface area contributed by atoms with E-state index in [1.165, 1.54) is 0 Å². The van der Waals surface area contributed by atoms with Gasteiger partial charge in [0.25, 0.3) is 0 Å². The maximum absolute atomic E-state index is 13.2. The van der Waals surface area contributed by atoms with Crippen molar-refractivity contribution < 1.29 is 4.21 Å². The molecule has 0 bridgehead atoms. The summed E-state index contributed by atoms with van der Waals surface area (Å²) in [6, 6.07) is 20.2. The van der Waals surface area contributed by atoms with Crippen LogP contribution in [0.2, 0.25) is 0 Å². The van der Waals surface area contributed by atoms with E-state index in [0.29, 0.717) is 11.7 Å². The van der Waals surface area contributed by atoms with Gasteiger partial charge in [-0.15, -0.1) is 11.3 Å². The predicted octanol–water partition coefficient (Wildman–Crippen LogP) is 5.30. The van der Waals surface area contributed by atoms with Crippen molar-refractivity contribution in [1.29, 1.82) is 0 Å². The second kappa shape index (κ2) is 7.86. The molecule has 0 N–H and O–H groups in total. The summed E-state index contributed by atoms with van der Waals surface area (Å²) in [6.07, 6.45) is 0. The van der Waals surface area contributed by atoms with Gasteiger partial charge in [0.15, 0.2) is 0 Å². The van der Waals surface area contributed by atoms with E-state index < -0.39 is 10.8 Å². The van der Waals surface area contributed by atoms with Gasteiger partial charge >= 0.3 is 0 Å². The lowest BCUT2D eigenvalue weighted by Crippen LogP contribution is -2.11. The van der Waals surface area contributed by atoms with E-state index in [1.54, 1.807) is 11.3 Å². The molecule has 0 saturated heterocycles. The Balaban J connectivity index is 1.89. The molecular formula is C20H21NOS2. The molecule has 1 aromatic heterocycles. The number of thiazole rings is 1. The van der Waals surface area contributed by atoms with E-state index in [-0.39, 0.29) is 5.25 Å². The van der Waals surface area contributed by atoms with Crippen LogP contribution in [-0.4, -0.2) is 9.19 Å². The Labute approximate surface area is 150 Å². The number of aromatic nitrogens is 1. The molecule has 1 heterocycles. The molecule has 4 heteroatoms. The largest absolute Gasteiger partial charge is 0.258 e. The van der Waals surface area contributed by atoms with Crippen molar-refractivity contribution in [2.75, 3.05) is 0 Å². The average molecular weight is 356 g/mol. The minimum absolute atomic E-state index is 0.128. The number of hydrogen-bond donors (Lipinski definition) is 0. The zero-order chi connectivity index (χ0) is 16.9. The van der Waals surface area contributed by atoms with E-state index in [2.05, 4.69) is 43.1 Å².